The zero-order valence-electron chi connectivity index (χ0n) is 13.1. The van der Waals surface area contributed by atoms with Crippen molar-refractivity contribution in [2.24, 2.45) is 11.7 Å². The van der Waals surface area contributed by atoms with Gasteiger partial charge in [-0.15, -0.1) is 24.8 Å². The molecule has 1 aliphatic carbocycles. The zero-order chi connectivity index (χ0) is 13.7. The van der Waals surface area contributed by atoms with Gasteiger partial charge in [0.05, 0.1) is 5.54 Å². The van der Waals surface area contributed by atoms with Crippen molar-refractivity contribution >= 4 is 30.7 Å². The fraction of sp³-hybridized carbons (Fsp3) is 0.933. The summed E-state index contributed by atoms with van der Waals surface area (Å²) < 4.78 is 0. The van der Waals surface area contributed by atoms with E-state index in [2.05, 4.69) is 17.1 Å². The molecule has 0 radical (unpaired) electrons. The van der Waals surface area contributed by atoms with Gasteiger partial charge in [0, 0.05) is 6.54 Å². The summed E-state index contributed by atoms with van der Waals surface area (Å²) in [6.07, 6.45) is 7.56. The van der Waals surface area contributed by atoms with Gasteiger partial charge in [-0.05, 0) is 57.7 Å². The summed E-state index contributed by atoms with van der Waals surface area (Å²) in [5, 5.41) is 3.02. The van der Waals surface area contributed by atoms with Gasteiger partial charge in [0.15, 0.2) is 0 Å². The van der Waals surface area contributed by atoms with Crippen LogP contribution < -0.4 is 11.1 Å². The van der Waals surface area contributed by atoms with Gasteiger partial charge in [0.25, 0.3) is 0 Å². The van der Waals surface area contributed by atoms with Gasteiger partial charge in [-0.25, -0.2) is 0 Å². The molecule has 1 saturated carbocycles. The number of halogens is 2. The Balaban J connectivity index is 0.00000200. The molecule has 126 valence electrons. The average molecular weight is 340 g/mol. The smallest absolute Gasteiger partial charge is 0.240 e. The molecule has 0 aromatic heterocycles. The van der Waals surface area contributed by atoms with Crippen molar-refractivity contribution in [3.63, 3.8) is 0 Å². The first-order chi connectivity index (χ1) is 9.10. The maximum atomic E-state index is 12.0. The van der Waals surface area contributed by atoms with E-state index in [1.165, 1.54) is 25.9 Å². The average Bonchev–Trinajstić information content (AvgIpc) is 2.85. The highest BCUT2D eigenvalue weighted by Gasteiger charge is 2.36. The largest absolute Gasteiger partial charge is 0.354 e. The molecular formula is C15H31Cl2N3O. The van der Waals surface area contributed by atoms with E-state index in [9.17, 15) is 4.79 Å². The summed E-state index contributed by atoms with van der Waals surface area (Å²) in [5.74, 6) is 0.952. The summed E-state index contributed by atoms with van der Waals surface area (Å²) in [5.41, 5.74) is 5.55. The molecule has 1 heterocycles. The molecule has 3 N–H and O–H groups in total. The van der Waals surface area contributed by atoms with E-state index in [-0.39, 0.29) is 30.7 Å². The third-order valence-electron chi connectivity index (χ3n) is 4.76. The maximum Gasteiger partial charge on any atom is 0.240 e. The third-order valence-corrected chi connectivity index (χ3v) is 4.76. The van der Waals surface area contributed by atoms with Crippen LogP contribution in [0.5, 0.6) is 0 Å². The number of carbonyl (C=O) groups is 1. The molecule has 21 heavy (non-hydrogen) atoms. The van der Waals surface area contributed by atoms with Gasteiger partial charge in [0.1, 0.15) is 0 Å². The van der Waals surface area contributed by atoms with Crippen LogP contribution in [-0.2, 0) is 4.79 Å². The summed E-state index contributed by atoms with van der Waals surface area (Å²) in [6, 6.07) is 0. The number of amides is 1. The van der Waals surface area contributed by atoms with E-state index >= 15 is 0 Å². The number of hydrogen-bond donors (Lipinski definition) is 2. The van der Waals surface area contributed by atoms with Crippen LogP contribution in [0.1, 0.15) is 51.9 Å². The van der Waals surface area contributed by atoms with Crippen LogP contribution >= 0.6 is 24.8 Å². The molecule has 0 aromatic rings. The van der Waals surface area contributed by atoms with Crippen molar-refractivity contribution in [2.75, 3.05) is 26.2 Å². The maximum absolute atomic E-state index is 12.0. The first-order valence-corrected chi connectivity index (χ1v) is 7.90. The Kier molecular flexibility index (Phi) is 9.87. The number of nitrogens with zero attached hydrogens (tertiary/aromatic N) is 1. The van der Waals surface area contributed by atoms with E-state index < -0.39 is 5.54 Å². The van der Waals surface area contributed by atoms with Crippen LogP contribution in [0.15, 0.2) is 0 Å². The second-order valence-corrected chi connectivity index (χ2v) is 6.50. The molecule has 2 rings (SSSR count). The lowest BCUT2D eigenvalue weighted by molar-refractivity contribution is -0.126. The van der Waals surface area contributed by atoms with Gasteiger partial charge >= 0.3 is 0 Å². The number of piperidine rings is 1. The topological polar surface area (TPSA) is 58.4 Å². The molecule has 0 spiro atoms. The van der Waals surface area contributed by atoms with Gasteiger partial charge < -0.3 is 16.0 Å². The SMILES string of the molecule is CC1CCN(CCCNC(=O)C2(N)CCCC2)CC1.Cl.Cl. The second kappa shape index (κ2) is 9.88. The fourth-order valence-electron chi connectivity index (χ4n) is 3.20. The minimum atomic E-state index is -0.569. The molecule has 4 nitrogen and oxygen atoms in total. The molecule has 6 heteroatoms. The standard InChI is InChI=1S/C15H29N3O.2ClH/c1-13-5-11-18(12-6-13)10-4-9-17-14(19)15(16)7-2-3-8-15;;/h13H,2-12,16H2,1H3,(H,17,19);2*1H. The lowest BCUT2D eigenvalue weighted by atomic mass is 9.98. The van der Waals surface area contributed by atoms with E-state index in [0.29, 0.717) is 0 Å². The Hall–Kier alpha value is -0.0300. The van der Waals surface area contributed by atoms with E-state index in [4.69, 9.17) is 5.73 Å². The Labute approximate surface area is 141 Å². The first kappa shape index (κ1) is 21.0. The molecule has 0 bridgehead atoms. The highest BCUT2D eigenvalue weighted by atomic mass is 35.5. The van der Waals surface area contributed by atoms with Crippen LogP contribution in [0.25, 0.3) is 0 Å². The minimum Gasteiger partial charge on any atom is -0.354 e. The lowest BCUT2D eigenvalue weighted by Crippen LogP contribution is -2.52. The van der Waals surface area contributed by atoms with Crippen molar-refractivity contribution in [1.29, 1.82) is 0 Å². The predicted molar refractivity (Wildman–Crippen MR) is 92.3 cm³/mol. The number of rotatable bonds is 5. The van der Waals surface area contributed by atoms with E-state index in [1.807, 2.05) is 0 Å². The van der Waals surface area contributed by atoms with Crippen molar-refractivity contribution < 1.29 is 4.79 Å². The number of nitrogens with two attached hydrogens (primary N) is 1. The highest BCUT2D eigenvalue weighted by Crippen LogP contribution is 2.27. The Morgan fingerprint density at radius 3 is 2.38 bits per heavy atom. The summed E-state index contributed by atoms with van der Waals surface area (Å²) in [6.45, 7) is 6.64. The van der Waals surface area contributed by atoms with E-state index in [1.54, 1.807) is 0 Å². The minimum absolute atomic E-state index is 0. The van der Waals surface area contributed by atoms with Crippen LogP contribution in [0, 0.1) is 5.92 Å². The lowest BCUT2D eigenvalue weighted by Gasteiger charge is -2.30. The second-order valence-electron chi connectivity index (χ2n) is 6.50. The Morgan fingerprint density at radius 2 is 1.81 bits per heavy atom. The monoisotopic (exact) mass is 339 g/mol. The normalized spacial score (nSPS) is 22.2. The van der Waals surface area contributed by atoms with Crippen molar-refractivity contribution in [3.05, 3.63) is 0 Å². The first-order valence-electron chi connectivity index (χ1n) is 7.90. The van der Waals surface area contributed by atoms with Crippen molar-refractivity contribution in [1.82, 2.24) is 10.2 Å². The predicted octanol–water partition coefficient (Wildman–Crippen LogP) is 2.34. The zero-order valence-corrected chi connectivity index (χ0v) is 14.7. The third kappa shape index (κ3) is 6.31. The van der Waals surface area contributed by atoms with Crippen molar-refractivity contribution in [2.45, 2.75) is 57.4 Å². The summed E-state index contributed by atoms with van der Waals surface area (Å²) in [7, 11) is 0. The van der Waals surface area contributed by atoms with Gasteiger partial charge in [-0.2, -0.15) is 0 Å². The van der Waals surface area contributed by atoms with Crippen LogP contribution in [0.2, 0.25) is 0 Å². The molecule has 0 unspecified atom stereocenters. The molecule has 2 aliphatic rings. The molecule has 0 aromatic carbocycles. The Bertz CT molecular complexity index is 301. The molecule has 1 saturated heterocycles. The van der Waals surface area contributed by atoms with E-state index in [0.717, 1.165) is 51.1 Å². The van der Waals surface area contributed by atoms with Crippen LogP contribution in [0.4, 0.5) is 0 Å². The van der Waals surface area contributed by atoms with Gasteiger partial charge in [-0.1, -0.05) is 19.8 Å². The van der Waals surface area contributed by atoms with Crippen LogP contribution in [0.3, 0.4) is 0 Å². The van der Waals surface area contributed by atoms with Crippen LogP contribution in [-0.4, -0.2) is 42.5 Å². The van der Waals surface area contributed by atoms with Crippen molar-refractivity contribution in [3.8, 4) is 0 Å². The van der Waals surface area contributed by atoms with Gasteiger partial charge in [0.2, 0.25) is 5.91 Å². The molecule has 0 atom stereocenters. The molecular weight excluding hydrogens is 309 g/mol. The summed E-state index contributed by atoms with van der Waals surface area (Å²) >= 11 is 0. The van der Waals surface area contributed by atoms with Gasteiger partial charge in [-0.3, -0.25) is 4.79 Å². The number of nitrogens with one attached hydrogen (secondary N) is 1. The molecule has 2 fully saturated rings. The molecule has 1 aliphatic heterocycles. The number of likely N-dealkylation sites (tertiary alicyclic amines) is 1. The number of carbonyl (C=O) groups excluding carboxylic acids is 1. The highest BCUT2D eigenvalue weighted by molar-refractivity contribution is 5.86. The quantitative estimate of drug-likeness (QED) is 0.756. The number of hydrogen-bond acceptors (Lipinski definition) is 3. The molecule has 1 amide bonds. The fourth-order valence-corrected chi connectivity index (χ4v) is 3.20. The summed E-state index contributed by atoms with van der Waals surface area (Å²) in [4.78, 5) is 14.5. The Morgan fingerprint density at radius 1 is 1.24 bits per heavy atom.